The van der Waals surface area contributed by atoms with Gasteiger partial charge >= 0.3 is 6.03 Å². The van der Waals surface area contributed by atoms with E-state index in [9.17, 15) is 9.59 Å². The largest absolute Gasteiger partial charge is 0.342 e. The predicted octanol–water partition coefficient (Wildman–Crippen LogP) is 3.57. The van der Waals surface area contributed by atoms with E-state index in [1.165, 1.54) is 5.56 Å². The monoisotopic (exact) mass is 369 g/mol. The number of rotatable bonds is 3. The second-order valence-electron chi connectivity index (χ2n) is 8.58. The van der Waals surface area contributed by atoms with Gasteiger partial charge < -0.3 is 15.1 Å². The minimum absolute atomic E-state index is 0.0578. The van der Waals surface area contributed by atoms with Gasteiger partial charge in [-0.2, -0.15) is 0 Å². The highest BCUT2D eigenvalue weighted by atomic mass is 16.2. The van der Waals surface area contributed by atoms with Crippen molar-refractivity contribution in [1.82, 2.24) is 15.1 Å². The summed E-state index contributed by atoms with van der Waals surface area (Å²) in [5, 5.41) is 3.26. The van der Waals surface area contributed by atoms with Gasteiger partial charge in [0.15, 0.2) is 0 Å². The van der Waals surface area contributed by atoms with Gasteiger partial charge in [-0.3, -0.25) is 4.79 Å². The highest BCUT2D eigenvalue weighted by Crippen LogP contribution is 2.34. The zero-order chi connectivity index (χ0) is 18.8. The molecule has 1 aliphatic carbocycles. The number of amides is 3. The summed E-state index contributed by atoms with van der Waals surface area (Å²) < 4.78 is 0. The van der Waals surface area contributed by atoms with Crippen molar-refractivity contribution in [1.29, 1.82) is 0 Å². The molecule has 27 heavy (non-hydrogen) atoms. The second kappa shape index (κ2) is 7.91. The molecular formula is C22H31N3O2. The summed E-state index contributed by atoms with van der Waals surface area (Å²) >= 11 is 0. The molecule has 0 spiro atoms. The molecule has 2 unspecified atom stereocenters. The van der Waals surface area contributed by atoms with E-state index in [0.717, 1.165) is 58.2 Å². The minimum atomic E-state index is 0.0578. The maximum Gasteiger partial charge on any atom is 0.318 e. The Morgan fingerprint density at radius 1 is 0.963 bits per heavy atom. The summed E-state index contributed by atoms with van der Waals surface area (Å²) in [7, 11) is 0. The van der Waals surface area contributed by atoms with Gasteiger partial charge in [0.2, 0.25) is 5.91 Å². The lowest BCUT2D eigenvalue weighted by Gasteiger charge is -2.40. The number of urea groups is 1. The van der Waals surface area contributed by atoms with E-state index in [4.69, 9.17) is 0 Å². The van der Waals surface area contributed by atoms with Crippen LogP contribution in [0.5, 0.6) is 0 Å². The molecule has 1 aromatic carbocycles. The van der Waals surface area contributed by atoms with Gasteiger partial charge in [-0.15, -0.1) is 0 Å². The van der Waals surface area contributed by atoms with E-state index >= 15 is 0 Å². The Kier molecular flexibility index (Phi) is 5.37. The predicted molar refractivity (Wildman–Crippen MR) is 105 cm³/mol. The summed E-state index contributed by atoms with van der Waals surface area (Å²) in [6.07, 6.45) is 6.03. The molecule has 1 aromatic rings. The quantitative estimate of drug-likeness (QED) is 0.885. The summed E-state index contributed by atoms with van der Waals surface area (Å²) in [5.74, 6) is 1.15. The molecule has 2 saturated heterocycles. The summed E-state index contributed by atoms with van der Waals surface area (Å²) in [6.45, 7) is 4.59. The summed E-state index contributed by atoms with van der Waals surface area (Å²) in [6, 6.07) is 10.8. The molecule has 3 fully saturated rings. The van der Waals surface area contributed by atoms with Crippen LogP contribution in [0.15, 0.2) is 30.3 Å². The fourth-order valence-corrected chi connectivity index (χ4v) is 4.49. The minimum Gasteiger partial charge on any atom is -0.342 e. The fourth-order valence-electron chi connectivity index (χ4n) is 4.49. The van der Waals surface area contributed by atoms with Gasteiger partial charge in [0.05, 0.1) is 6.04 Å². The number of nitrogens with zero attached hydrogens (tertiary/aromatic N) is 2. The zero-order valence-corrected chi connectivity index (χ0v) is 16.3. The smallest absolute Gasteiger partial charge is 0.318 e. The Bertz CT molecular complexity index is 665. The number of nitrogens with one attached hydrogen (secondary N) is 1. The molecule has 0 bridgehead atoms. The number of benzene rings is 1. The molecule has 4 rings (SSSR count). The molecule has 5 heteroatoms. The van der Waals surface area contributed by atoms with Crippen LogP contribution in [0, 0.1) is 11.8 Å². The fraction of sp³-hybridized carbons (Fsp3) is 0.636. The van der Waals surface area contributed by atoms with E-state index in [2.05, 4.69) is 36.5 Å². The van der Waals surface area contributed by atoms with Crippen LogP contribution in [0.1, 0.15) is 57.1 Å². The Labute approximate surface area is 162 Å². The molecule has 2 aliphatic heterocycles. The maximum absolute atomic E-state index is 13.1. The van der Waals surface area contributed by atoms with Crippen molar-refractivity contribution < 1.29 is 9.59 Å². The Morgan fingerprint density at radius 3 is 2.33 bits per heavy atom. The van der Waals surface area contributed by atoms with E-state index < -0.39 is 0 Å². The van der Waals surface area contributed by atoms with Crippen molar-refractivity contribution >= 4 is 11.9 Å². The molecular weight excluding hydrogens is 338 g/mol. The second-order valence-corrected chi connectivity index (χ2v) is 8.58. The molecule has 1 saturated carbocycles. The van der Waals surface area contributed by atoms with Gasteiger partial charge in [-0.1, -0.05) is 37.3 Å². The van der Waals surface area contributed by atoms with Gasteiger partial charge in [0.1, 0.15) is 0 Å². The Balaban J connectivity index is 1.35. The maximum atomic E-state index is 13.1. The average molecular weight is 370 g/mol. The van der Waals surface area contributed by atoms with Crippen LogP contribution in [-0.2, 0) is 4.79 Å². The summed E-state index contributed by atoms with van der Waals surface area (Å²) in [5.41, 5.74) is 1.23. The molecule has 5 nitrogen and oxygen atoms in total. The van der Waals surface area contributed by atoms with Crippen molar-refractivity contribution in [2.24, 2.45) is 11.8 Å². The van der Waals surface area contributed by atoms with Crippen LogP contribution < -0.4 is 5.32 Å². The van der Waals surface area contributed by atoms with Gasteiger partial charge in [0, 0.05) is 31.6 Å². The number of piperidine rings is 2. The highest BCUT2D eigenvalue weighted by Gasteiger charge is 2.36. The van der Waals surface area contributed by atoms with Gasteiger partial charge in [-0.05, 0) is 50.0 Å². The molecule has 2 atom stereocenters. The van der Waals surface area contributed by atoms with E-state index in [1.807, 2.05) is 15.9 Å². The normalized spacial score (nSPS) is 26.7. The van der Waals surface area contributed by atoms with Crippen molar-refractivity contribution in [2.75, 3.05) is 19.6 Å². The first-order chi connectivity index (χ1) is 13.1. The molecule has 0 aromatic heterocycles. The van der Waals surface area contributed by atoms with Crippen LogP contribution in [-0.4, -0.2) is 47.4 Å². The standard InChI is InChI=1S/C22H31N3O2/c1-16-7-10-20(17-5-3-2-4-6-17)25(15-16)22(27)23-19-11-13-24(14-12-19)21(26)18-8-9-18/h2-6,16,18-20H,7-15H2,1H3,(H,23,27). The lowest BCUT2D eigenvalue weighted by Crippen LogP contribution is -2.52. The number of hydrogen-bond donors (Lipinski definition) is 1. The molecule has 1 N–H and O–H groups in total. The van der Waals surface area contributed by atoms with Crippen molar-refractivity contribution in [3.63, 3.8) is 0 Å². The van der Waals surface area contributed by atoms with Gasteiger partial charge in [0.25, 0.3) is 0 Å². The van der Waals surface area contributed by atoms with Crippen molar-refractivity contribution in [3.05, 3.63) is 35.9 Å². The molecule has 0 radical (unpaired) electrons. The van der Waals surface area contributed by atoms with Crippen molar-refractivity contribution in [2.45, 2.75) is 57.5 Å². The topological polar surface area (TPSA) is 52.7 Å². The first-order valence-electron chi connectivity index (χ1n) is 10.5. The zero-order valence-electron chi connectivity index (χ0n) is 16.3. The Hall–Kier alpha value is -2.04. The number of carbonyl (C=O) groups is 2. The SMILES string of the molecule is CC1CCC(c2ccccc2)N(C(=O)NC2CCN(C(=O)C3CC3)CC2)C1. The number of carbonyl (C=O) groups excluding carboxylic acids is 2. The van der Waals surface area contributed by atoms with E-state index in [-0.39, 0.29) is 24.0 Å². The van der Waals surface area contributed by atoms with Crippen LogP contribution in [0.25, 0.3) is 0 Å². The third-order valence-electron chi connectivity index (χ3n) is 6.32. The number of hydrogen-bond acceptors (Lipinski definition) is 2. The molecule has 3 amide bonds. The average Bonchev–Trinajstić information content (AvgIpc) is 3.54. The van der Waals surface area contributed by atoms with Crippen LogP contribution in [0.4, 0.5) is 4.79 Å². The first-order valence-corrected chi connectivity index (χ1v) is 10.5. The molecule has 3 aliphatic rings. The highest BCUT2D eigenvalue weighted by molar-refractivity contribution is 5.81. The third-order valence-corrected chi connectivity index (χ3v) is 6.32. The lowest BCUT2D eigenvalue weighted by molar-refractivity contribution is -0.133. The molecule has 146 valence electrons. The first kappa shape index (κ1) is 18.3. The van der Waals surface area contributed by atoms with Crippen LogP contribution >= 0.6 is 0 Å². The molecule has 2 heterocycles. The Morgan fingerprint density at radius 2 is 1.67 bits per heavy atom. The van der Waals surface area contributed by atoms with E-state index in [0.29, 0.717) is 11.8 Å². The van der Waals surface area contributed by atoms with Crippen LogP contribution in [0.2, 0.25) is 0 Å². The lowest BCUT2D eigenvalue weighted by atomic mass is 9.90. The summed E-state index contributed by atoms with van der Waals surface area (Å²) in [4.78, 5) is 29.3. The van der Waals surface area contributed by atoms with Gasteiger partial charge in [-0.25, -0.2) is 4.79 Å². The van der Waals surface area contributed by atoms with Crippen molar-refractivity contribution in [3.8, 4) is 0 Å². The third kappa shape index (κ3) is 4.28. The number of likely N-dealkylation sites (tertiary alicyclic amines) is 2. The van der Waals surface area contributed by atoms with Crippen LogP contribution in [0.3, 0.4) is 0 Å². The van der Waals surface area contributed by atoms with E-state index in [1.54, 1.807) is 0 Å².